The van der Waals surface area contributed by atoms with Crippen LogP contribution in [0.4, 0.5) is 13.2 Å². The van der Waals surface area contributed by atoms with E-state index in [1.807, 2.05) is 24.3 Å². The molecule has 1 heterocycles. The van der Waals surface area contributed by atoms with Gasteiger partial charge in [0.15, 0.2) is 0 Å². The Bertz CT molecular complexity index is 839. The highest BCUT2D eigenvalue weighted by Crippen LogP contribution is 2.29. The molecule has 1 aliphatic rings. The van der Waals surface area contributed by atoms with Gasteiger partial charge in [0.2, 0.25) is 5.91 Å². The van der Waals surface area contributed by atoms with Crippen LogP contribution in [-0.2, 0) is 24.1 Å². The van der Waals surface area contributed by atoms with E-state index in [1.165, 1.54) is 12.1 Å². The van der Waals surface area contributed by atoms with Crippen LogP contribution in [0.15, 0.2) is 60.7 Å². The van der Waals surface area contributed by atoms with E-state index in [9.17, 15) is 18.0 Å². The molecule has 0 radical (unpaired) electrons. The number of amides is 1. The van der Waals surface area contributed by atoms with Crippen molar-refractivity contribution in [2.24, 2.45) is 0 Å². The number of ether oxygens (including phenoxy) is 1. The number of nitrogens with one attached hydrogen (secondary N) is 2. The summed E-state index contributed by atoms with van der Waals surface area (Å²) in [6.07, 6.45) is 0.293. The number of halogens is 4. The second kappa shape index (κ2) is 10.3. The van der Waals surface area contributed by atoms with Crippen molar-refractivity contribution < 1.29 is 22.7 Å². The summed E-state index contributed by atoms with van der Waals surface area (Å²) in [7, 11) is 0. The number of carbonyl (C=O) groups is 1. The largest absolute Gasteiger partial charge is 0.489 e. The van der Waals surface area contributed by atoms with Gasteiger partial charge in [0.1, 0.15) is 12.4 Å². The highest BCUT2D eigenvalue weighted by atomic mass is 35.5. The molecule has 1 amide bonds. The Labute approximate surface area is 173 Å². The summed E-state index contributed by atoms with van der Waals surface area (Å²) in [5.41, 5.74) is 0.838. The van der Waals surface area contributed by atoms with E-state index in [2.05, 4.69) is 10.6 Å². The van der Waals surface area contributed by atoms with Crippen LogP contribution in [-0.4, -0.2) is 18.5 Å². The van der Waals surface area contributed by atoms with Crippen LogP contribution in [0.2, 0.25) is 0 Å². The Kier molecular flexibility index (Phi) is 8.10. The van der Waals surface area contributed by atoms with Gasteiger partial charge in [0, 0.05) is 13.1 Å². The van der Waals surface area contributed by atoms with E-state index in [1.54, 1.807) is 12.1 Å². The third-order valence-electron chi connectivity index (χ3n) is 4.39. The fourth-order valence-electron chi connectivity index (χ4n) is 2.82. The van der Waals surface area contributed by atoms with Gasteiger partial charge < -0.3 is 15.4 Å². The van der Waals surface area contributed by atoms with E-state index in [4.69, 9.17) is 4.74 Å². The molecule has 0 bridgehead atoms. The third-order valence-corrected chi connectivity index (χ3v) is 4.39. The van der Waals surface area contributed by atoms with Crippen molar-refractivity contribution in [3.8, 4) is 5.75 Å². The van der Waals surface area contributed by atoms with Crippen LogP contribution >= 0.6 is 12.4 Å². The van der Waals surface area contributed by atoms with Crippen LogP contribution in [0.1, 0.15) is 23.1 Å². The quantitative estimate of drug-likeness (QED) is 0.679. The fourth-order valence-corrected chi connectivity index (χ4v) is 2.82. The molecule has 1 aliphatic heterocycles. The highest BCUT2D eigenvalue weighted by Gasteiger charge is 2.29. The predicted molar refractivity (Wildman–Crippen MR) is 107 cm³/mol. The monoisotopic (exact) mass is 426 g/mol. The molecule has 29 heavy (non-hydrogen) atoms. The molecule has 2 aromatic rings. The first kappa shape index (κ1) is 22.8. The normalized spacial score (nSPS) is 16.0. The molecule has 2 aromatic carbocycles. The zero-order chi connectivity index (χ0) is 20.0. The summed E-state index contributed by atoms with van der Waals surface area (Å²) < 4.78 is 43.4. The molecule has 0 saturated heterocycles. The number of rotatable bonds is 6. The molecule has 1 atom stereocenters. The Balaban J connectivity index is 0.00000300. The topological polar surface area (TPSA) is 50.4 Å². The Morgan fingerprint density at radius 3 is 2.52 bits per heavy atom. The molecule has 3 rings (SSSR count). The zero-order valence-corrected chi connectivity index (χ0v) is 16.4. The highest BCUT2D eigenvalue weighted by molar-refractivity contribution is 5.85. The maximum Gasteiger partial charge on any atom is 0.416 e. The number of hydrogen-bond donors (Lipinski definition) is 2. The third kappa shape index (κ3) is 6.80. The molecule has 4 nitrogen and oxygen atoms in total. The van der Waals surface area contributed by atoms with Crippen LogP contribution < -0.4 is 15.4 Å². The maximum absolute atomic E-state index is 12.6. The molecule has 0 fully saturated rings. The molecule has 0 aromatic heterocycles. The lowest BCUT2D eigenvalue weighted by molar-refractivity contribution is -0.137. The summed E-state index contributed by atoms with van der Waals surface area (Å²) in [6.45, 7) is 1.22. The maximum atomic E-state index is 12.6. The van der Waals surface area contributed by atoms with Crippen molar-refractivity contribution >= 4 is 18.3 Å². The van der Waals surface area contributed by atoms with E-state index in [0.29, 0.717) is 30.8 Å². The minimum atomic E-state index is -4.35. The molecule has 0 aliphatic carbocycles. The molecule has 2 N–H and O–H groups in total. The molecule has 0 saturated carbocycles. The van der Waals surface area contributed by atoms with Gasteiger partial charge in [-0.25, -0.2) is 0 Å². The smallest absolute Gasteiger partial charge is 0.416 e. The molecule has 1 unspecified atom stereocenters. The predicted octanol–water partition coefficient (Wildman–Crippen LogP) is 4.24. The van der Waals surface area contributed by atoms with Gasteiger partial charge in [0.05, 0.1) is 11.6 Å². The minimum Gasteiger partial charge on any atom is -0.489 e. The average molecular weight is 427 g/mol. The summed E-state index contributed by atoms with van der Waals surface area (Å²) >= 11 is 0. The number of benzene rings is 2. The Morgan fingerprint density at radius 2 is 1.86 bits per heavy atom. The summed E-state index contributed by atoms with van der Waals surface area (Å²) in [5.74, 6) is 0.533. The lowest BCUT2D eigenvalue weighted by atomic mass is 10.1. The van der Waals surface area contributed by atoms with Crippen molar-refractivity contribution in [1.82, 2.24) is 10.6 Å². The van der Waals surface area contributed by atoms with E-state index in [-0.39, 0.29) is 31.0 Å². The number of carbonyl (C=O) groups excluding carboxylic acids is 1. The SMILES string of the molecule is Cl.O=C(NCc1cccc(OCc2ccc(C(F)(F)F)cc2)c1)C1CC=CCN1. The van der Waals surface area contributed by atoms with Gasteiger partial charge in [-0.2, -0.15) is 13.2 Å². The molecular weight excluding hydrogens is 405 g/mol. The Morgan fingerprint density at radius 1 is 1.10 bits per heavy atom. The van der Waals surface area contributed by atoms with Gasteiger partial charge in [0.25, 0.3) is 0 Å². The number of alkyl halides is 3. The van der Waals surface area contributed by atoms with Crippen molar-refractivity contribution in [2.75, 3.05) is 6.54 Å². The van der Waals surface area contributed by atoms with Crippen LogP contribution in [0.25, 0.3) is 0 Å². The van der Waals surface area contributed by atoms with Gasteiger partial charge >= 0.3 is 6.18 Å². The first-order valence-electron chi connectivity index (χ1n) is 8.96. The van der Waals surface area contributed by atoms with Crippen molar-refractivity contribution in [1.29, 1.82) is 0 Å². The van der Waals surface area contributed by atoms with Gasteiger partial charge in [-0.3, -0.25) is 4.79 Å². The van der Waals surface area contributed by atoms with Crippen molar-refractivity contribution in [3.05, 3.63) is 77.4 Å². The van der Waals surface area contributed by atoms with Gasteiger partial charge in [-0.15, -0.1) is 12.4 Å². The second-order valence-electron chi connectivity index (χ2n) is 6.52. The van der Waals surface area contributed by atoms with Crippen LogP contribution in [0.3, 0.4) is 0 Å². The molecular formula is C21H22ClF3N2O2. The first-order valence-corrected chi connectivity index (χ1v) is 8.96. The standard InChI is InChI=1S/C21H21F3N2O2.ClH/c22-21(23,24)17-9-7-15(8-10-17)14-28-18-5-3-4-16(12-18)13-26-20(27)19-6-1-2-11-25-19;/h1-5,7-10,12,19,25H,6,11,13-14H2,(H,26,27);1H. The summed E-state index contributed by atoms with van der Waals surface area (Å²) in [5, 5.41) is 6.02. The van der Waals surface area contributed by atoms with E-state index >= 15 is 0 Å². The molecule has 0 spiro atoms. The lowest BCUT2D eigenvalue weighted by Gasteiger charge is -2.19. The summed E-state index contributed by atoms with van der Waals surface area (Å²) in [4.78, 5) is 12.1. The average Bonchev–Trinajstić information content (AvgIpc) is 2.71. The zero-order valence-electron chi connectivity index (χ0n) is 15.5. The molecule has 8 heteroatoms. The van der Waals surface area contributed by atoms with E-state index < -0.39 is 11.7 Å². The lowest BCUT2D eigenvalue weighted by Crippen LogP contribution is -2.45. The summed E-state index contributed by atoms with van der Waals surface area (Å²) in [6, 6.07) is 11.9. The van der Waals surface area contributed by atoms with Crippen molar-refractivity contribution in [2.45, 2.75) is 31.8 Å². The first-order chi connectivity index (χ1) is 13.4. The number of hydrogen-bond acceptors (Lipinski definition) is 3. The van der Waals surface area contributed by atoms with Crippen LogP contribution in [0.5, 0.6) is 5.75 Å². The van der Waals surface area contributed by atoms with Crippen molar-refractivity contribution in [3.63, 3.8) is 0 Å². The van der Waals surface area contributed by atoms with Crippen LogP contribution in [0, 0.1) is 0 Å². The fraction of sp³-hybridized carbons (Fsp3) is 0.286. The molecule has 156 valence electrons. The van der Waals surface area contributed by atoms with Gasteiger partial charge in [-0.1, -0.05) is 36.4 Å². The minimum absolute atomic E-state index is 0. The second-order valence-corrected chi connectivity index (χ2v) is 6.52. The Hall–Kier alpha value is -2.51. The van der Waals surface area contributed by atoms with E-state index in [0.717, 1.165) is 17.7 Å². The van der Waals surface area contributed by atoms with Gasteiger partial charge in [-0.05, 0) is 41.8 Å².